The molecule has 24 heavy (non-hydrogen) atoms. The minimum absolute atomic E-state index is 0.0866. The van der Waals surface area contributed by atoms with Gasteiger partial charge in [0.15, 0.2) is 0 Å². The lowest BCUT2D eigenvalue weighted by Crippen LogP contribution is -2.37. The Labute approximate surface area is 162 Å². The van der Waals surface area contributed by atoms with Gasteiger partial charge in [0, 0.05) is 22.1 Å². The van der Waals surface area contributed by atoms with E-state index in [0.29, 0.717) is 16.7 Å². The summed E-state index contributed by atoms with van der Waals surface area (Å²) in [6.45, 7) is 7.76. The Morgan fingerprint density at radius 2 is 1.83 bits per heavy atom. The second-order valence-electron chi connectivity index (χ2n) is 6.38. The Morgan fingerprint density at radius 1 is 1.08 bits per heavy atom. The number of benzene rings is 2. The van der Waals surface area contributed by atoms with E-state index in [-0.39, 0.29) is 5.54 Å². The van der Waals surface area contributed by atoms with Crippen molar-refractivity contribution >= 4 is 39.1 Å². The van der Waals surface area contributed by atoms with Gasteiger partial charge in [-0.25, -0.2) is 0 Å². The Bertz CT molecular complexity index is 704. The van der Waals surface area contributed by atoms with Crippen LogP contribution < -0.4 is 10.1 Å². The Balaban J connectivity index is 2.10. The second kappa shape index (κ2) is 8.57. The number of ether oxygens (including phenoxy) is 1. The summed E-state index contributed by atoms with van der Waals surface area (Å²) in [5.74, 6) is 0.865. The van der Waals surface area contributed by atoms with Crippen molar-refractivity contribution in [1.29, 1.82) is 0 Å². The van der Waals surface area contributed by atoms with E-state index in [9.17, 15) is 0 Å². The summed E-state index contributed by atoms with van der Waals surface area (Å²) in [6, 6.07) is 11.6. The maximum absolute atomic E-state index is 6.06. The van der Waals surface area contributed by atoms with Crippen molar-refractivity contribution in [3.8, 4) is 5.75 Å². The molecule has 0 fully saturated rings. The van der Waals surface area contributed by atoms with Crippen LogP contribution in [0.3, 0.4) is 0 Å². The van der Waals surface area contributed by atoms with Crippen molar-refractivity contribution in [3.63, 3.8) is 0 Å². The van der Waals surface area contributed by atoms with E-state index in [0.717, 1.165) is 34.3 Å². The maximum atomic E-state index is 6.06. The highest BCUT2D eigenvalue weighted by molar-refractivity contribution is 9.10. The van der Waals surface area contributed by atoms with Crippen LogP contribution in [-0.4, -0.2) is 5.54 Å². The molecule has 0 heterocycles. The van der Waals surface area contributed by atoms with Crippen LogP contribution in [0.1, 0.15) is 38.3 Å². The molecule has 0 bridgehead atoms. The lowest BCUT2D eigenvalue weighted by atomic mass is 10.0. The van der Waals surface area contributed by atoms with Gasteiger partial charge in [0.05, 0.1) is 10.0 Å². The molecular formula is C19H22BrCl2NO. The molecule has 0 saturated heterocycles. The zero-order valence-corrected chi connectivity index (χ0v) is 17.2. The smallest absolute Gasteiger partial charge is 0.124 e. The van der Waals surface area contributed by atoms with Gasteiger partial charge in [0.25, 0.3) is 0 Å². The topological polar surface area (TPSA) is 21.3 Å². The zero-order valence-electron chi connectivity index (χ0n) is 14.1. The Kier molecular flexibility index (Phi) is 6.99. The molecule has 2 rings (SSSR count). The fourth-order valence-electron chi connectivity index (χ4n) is 2.08. The van der Waals surface area contributed by atoms with Gasteiger partial charge >= 0.3 is 0 Å². The molecular weight excluding hydrogens is 409 g/mol. The third kappa shape index (κ3) is 5.66. The molecule has 2 aromatic carbocycles. The first-order chi connectivity index (χ1) is 11.3. The number of hydrogen-bond donors (Lipinski definition) is 1. The molecule has 0 atom stereocenters. The van der Waals surface area contributed by atoms with Crippen molar-refractivity contribution in [3.05, 3.63) is 62.0 Å². The summed E-state index contributed by atoms with van der Waals surface area (Å²) in [7, 11) is 0. The van der Waals surface area contributed by atoms with Crippen LogP contribution in [0.4, 0.5) is 0 Å². The Hall–Kier alpha value is -0.740. The van der Waals surface area contributed by atoms with Crippen LogP contribution in [-0.2, 0) is 13.2 Å². The van der Waals surface area contributed by atoms with E-state index >= 15 is 0 Å². The second-order valence-corrected chi connectivity index (χ2v) is 8.11. The number of hydrogen-bond acceptors (Lipinski definition) is 2. The van der Waals surface area contributed by atoms with E-state index in [1.165, 1.54) is 0 Å². The van der Waals surface area contributed by atoms with Gasteiger partial charge in [-0.15, -0.1) is 0 Å². The Morgan fingerprint density at radius 3 is 2.50 bits per heavy atom. The average molecular weight is 431 g/mol. The minimum atomic E-state index is 0.0866. The summed E-state index contributed by atoms with van der Waals surface area (Å²) < 4.78 is 7.05. The van der Waals surface area contributed by atoms with Gasteiger partial charge in [0.1, 0.15) is 12.4 Å². The minimum Gasteiger partial charge on any atom is -0.489 e. The molecule has 0 saturated carbocycles. The van der Waals surface area contributed by atoms with E-state index in [1.54, 1.807) is 6.07 Å². The quantitative estimate of drug-likeness (QED) is 0.533. The third-order valence-corrected chi connectivity index (χ3v) is 5.27. The largest absolute Gasteiger partial charge is 0.489 e. The summed E-state index contributed by atoms with van der Waals surface area (Å²) in [5, 5.41) is 4.66. The molecule has 0 aliphatic heterocycles. The number of halogens is 3. The molecule has 0 aliphatic rings. The summed E-state index contributed by atoms with van der Waals surface area (Å²) in [6.07, 6.45) is 1.06. The molecule has 0 aromatic heterocycles. The number of nitrogens with one attached hydrogen (secondary N) is 1. The van der Waals surface area contributed by atoms with Crippen LogP contribution in [0.5, 0.6) is 5.75 Å². The molecule has 1 N–H and O–H groups in total. The van der Waals surface area contributed by atoms with Crippen molar-refractivity contribution in [2.24, 2.45) is 0 Å². The molecule has 2 nitrogen and oxygen atoms in total. The van der Waals surface area contributed by atoms with E-state index in [4.69, 9.17) is 27.9 Å². The monoisotopic (exact) mass is 429 g/mol. The fourth-order valence-corrected chi connectivity index (χ4v) is 2.81. The van der Waals surface area contributed by atoms with Crippen LogP contribution in [0.2, 0.25) is 10.0 Å². The molecule has 0 radical (unpaired) electrons. The van der Waals surface area contributed by atoms with Crippen LogP contribution in [0.15, 0.2) is 40.9 Å². The van der Waals surface area contributed by atoms with Crippen LogP contribution >= 0.6 is 39.1 Å². The summed E-state index contributed by atoms with van der Waals surface area (Å²) in [4.78, 5) is 0. The molecule has 0 unspecified atom stereocenters. The number of rotatable bonds is 7. The lowest BCUT2D eigenvalue weighted by Gasteiger charge is -2.25. The van der Waals surface area contributed by atoms with Crippen molar-refractivity contribution in [2.45, 2.75) is 45.9 Å². The summed E-state index contributed by atoms with van der Waals surface area (Å²) >= 11 is 15.5. The first-order valence-electron chi connectivity index (χ1n) is 7.91. The van der Waals surface area contributed by atoms with E-state index in [2.05, 4.69) is 48.1 Å². The highest BCUT2D eigenvalue weighted by Gasteiger charge is 2.15. The first kappa shape index (κ1) is 19.6. The molecule has 0 amide bonds. The maximum Gasteiger partial charge on any atom is 0.124 e. The highest BCUT2D eigenvalue weighted by Crippen LogP contribution is 2.27. The highest BCUT2D eigenvalue weighted by atomic mass is 79.9. The average Bonchev–Trinajstić information content (AvgIpc) is 2.55. The molecule has 0 spiro atoms. The van der Waals surface area contributed by atoms with Crippen molar-refractivity contribution < 1.29 is 4.74 Å². The van der Waals surface area contributed by atoms with Gasteiger partial charge < -0.3 is 10.1 Å². The van der Waals surface area contributed by atoms with Gasteiger partial charge in [-0.3, -0.25) is 0 Å². The zero-order chi connectivity index (χ0) is 17.7. The predicted molar refractivity (Wildman–Crippen MR) is 106 cm³/mol. The molecule has 130 valence electrons. The molecule has 5 heteroatoms. The third-order valence-electron chi connectivity index (χ3n) is 4.04. The van der Waals surface area contributed by atoms with Gasteiger partial charge in [0.2, 0.25) is 0 Å². The van der Waals surface area contributed by atoms with Crippen LogP contribution in [0.25, 0.3) is 0 Å². The summed E-state index contributed by atoms with van der Waals surface area (Å²) in [5.41, 5.74) is 2.19. The standard InChI is InChI=1S/C19H22BrCl2NO/c1-4-19(2,3)23-11-14-10-15(20)6-8-18(14)24-12-13-5-7-16(21)17(22)9-13/h5-10,23H,4,11-12H2,1-3H3. The SMILES string of the molecule is CCC(C)(C)NCc1cc(Br)ccc1OCc1ccc(Cl)c(Cl)c1. The first-order valence-corrected chi connectivity index (χ1v) is 9.46. The van der Waals surface area contributed by atoms with Crippen molar-refractivity contribution in [2.75, 3.05) is 0 Å². The van der Waals surface area contributed by atoms with Gasteiger partial charge in [-0.05, 0) is 56.2 Å². The van der Waals surface area contributed by atoms with E-state index in [1.807, 2.05) is 24.3 Å². The fraction of sp³-hybridized carbons (Fsp3) is 0.368. The molecule has 0 aliphatic carbocycles. The van der Waals surface area contributed by atoms with Crippen molar-refractivity contribution in [1.82, 2.24) is 5.32 Å². The molecule has 2 aromatic rings. The predicted octanol–water partition coefficient (Wildman–Crippen LogP) is 6.61. The lowest BCUT2D eigenvalue weighted by molar-refractivity contribution is 0.298. The van der Waals surface area contributed by atoms with E-state index < -0.39 is 0 Å². The van der Waals surface area contributed by atoms with Crippen LogP contribution in [0, 0.1) is 0 Å². The normalized spacial score (nSPS) is 11.6. The van der Waals surface area contributed by atoms with Gasteiger partial charge in [-0.2, -0.15) is 0 Å². The van der Waals surface area contributed by atoms with Gasteiger partial charge in [-0.1, -0.05) is 52.1 Å².